The Labute approximate surface area is 158 Å². The van der Waals surface area contributed by atoms with Gasteiger partial charge in [0.1, 0.15) is 17.9 Å². The smallest absolute Gasteiger partial charge is 0.253 e. The Hall–Kier alpha value is -2.84. The lowest BCUT2D eigenvalue weighted by molar-refractivity contribution is -0.139. The normalized spacial score (nSPS) is 17.6. The molecule has 1 atom stereocenters. The Kier molecular flexibility index (Phi) is 4.59. The Morgan fingerprint density at radius 3 is 2.59 bits per heavy atom. The van der Waals surface area contributed by atoms with Crippen molar-refractivity contribution in [1.82, 2.24) is 0 Å². The molecule has 5 heteroatoms. The Morgan fingerprint density at radius 2 is 2.00 bits per heavy atom. The summed E-state index contributed by atoms with van der Waals surface area (Å²) in [5.41, 5.74) is 5.07. The summed E-state index contributed by atoms with van der Waals surface area (Å²) < 4.78 is 11.1. The number of carbonyl (C=O) groups is 1. The van der Waals surface area contributed by atoms with Crippen molar-refractivity contribution in [3.05, 3.63) is 47.0 Å². The summed E-state index contributed by atoms with van der Waals surface area (Å²) >= 11 is 0. The summed E-state index contributed by atoms with van der Waals surface area (Å²) in [6, 6.07) is 12.5. The molecular formula is C22H22N2O3. The van der Waals surface area contributed by atoms with E-state index in [0.29, 0.717) is 43.2 Å². The zero-order valence-corrected chi connectivity index (χ0v) is 15.5. The lowest BCUT2D eigenvalue weighted by atomic mass is 9.93. The van der Waals surface area contributed by atoms with Crippen molar-refractivity contribution in [2.75, 3.05) is 18.5 Å². The van der Waals surface area contributed by atoms with E-state index in [1.807, 2.05) is 6.07 Å². The molecule has 0 saturated carbocycles. The third-order valence-corrected chi connectivity index (χ3v) is 5.23. The maximum atomic E-state index is 12.4. The van der Waals surface area contributed by atoms with Crippen LogP contribution in [0.2, 0.25) is 0 Å². The van der Waals surface area contributed by atoms with E-state index >= 15 is 0 Å². The standard InChI is InChI=1S/C22H22N2O3/c1-13(2)14-3-5-15(6-4-14)17-11-19(24-22(25)20-8-10-26-20)18(12-23)16-7-9-27-21(16)17/h3-6,11,13,20H,7-10H2,1-2H3,(H,24,25)/t20-/m0/s1. The van der Waals surface area contributed by atoms with Crippen molar-refractivity contribution in [2.24, 2.45) is 0 Å². The van der Waals surface area contributed by atoms with Crippen LogP contribution in [0.5, 0.6) is 5.75 Å². The maximum Gasteiger partial charge on any atom is 0.253 e. The second kappa shape index (κ2) is 7.05. The van der Waals surface area contributed by atoms with Crippen LogP contribution in [0.4, 0.5) is 5.69 Å². The van der Waals surface area contributed by atoms with Crippen LogP contribution in [0, 0.1) is 11.3 Å². The molecule has 1 amide bonds. The summed E-state index contributed by atoms with van der Waals surface area (Å²) in [4.78, 5) is 12.4. The average molecular weight is 362 g/mol. The molecule has 1 fully saturated rings. The van der Waals surface area contributed by atoms with Gasteiger partial charge in [-0.3, -0.25) is 4.79 Å². The number of anilines is 1. The molecule has 0 radical (unpaired) electrons. The minimum absolute atomic E-state index is 0.197. The van der Waals surface area contributed by atoms with E-state index < -0.39 is 6.10 Å². The number of benzene rings is 2. The van der Waals surface area contributed by atoms with E-state index in [0.717, 1.165) is 22.4 Å². The van der Waals surface area contributed by atoms with Crippen molar-refractivity contribution >= 4 is 11.6 Å². The molecule has 0 aromatic heterocycles. The number of hydrogen-bond acceptors (Lipinski definition) is 4. The van der Waals surface area contributed by atoms with E-state index in [1.54, 1.807) is 0 Å². The van der Waals surface area contributed by atoms with E-state index in [4.69, 9.17) is 9.47 Å². The quantitative estimate of drug-likeness (QED) is 0.892. The third-order valence-electron chi connectivity index (χ3n) is 5.23. The summed E-state index contributed by atoms with van der Waals surface area (Å²) in [5.74, 6) is 1.01. The molecule has 0 spiro atoms. The number of nitrogens with zero attached hydrogens (tertiary/aromatic N) is 1. The molecule has 1 saturated heterocycles. The van der Waals surface area contributed by atoms with Crippen molar-refractivity contribution in [3.8, 4) is 22.9 Å². The fourth-order valence-corrected chi connectivity index (χ4v) is 3.52. The van der Waals surface area contributed by atoms with E-state index in [9.17, 15) is 10.1 Å². The topological polar surface area (TPSA) is 71.3 Å². The number of nitrogens with one attached hydrogen (secondary N) is 1. The summed E-state index contributed by atoms with van der Waals surface area (Å²) in [6.07, 6.45) is 0.958. The molecular weight excluding hydrogens is 340 g/mol. The van der Waals surface area contributed by atoms with E-state index in [2.05, 4.69) is 49.5 Å². The second-order valence-corrected chi connectivity index (χ2v) is 7.28. The van der Waals surface area contributed by atoms with Gasteiger partial charge in [0.05, 0.1) is 24.5 Å². The minimum atomic E-state index is -0.421. The predicted octanol–water partition coefficient (Wildman–Crippen LogP) is 4.01. The first-order chi connectivity index (χ1) is 13.1. The number of hydrogen-bond donors (Lipinski definition) is 1. The zero-order valence-electron chi connectivity index (χ0n) is 15.5. The summed E-state index contributed by atoms with van der Waals surface area (Å²) in [5, 5.41) is 12.6. The third kappa shape index (κ3) is 3.17. The molecule has 1 N–H and O–H groups in total. The van der Waals surface area contributed by atoms with Crippen molar-refractivity contribution in [2.45, 2.75) is 38.7 Å². The van der Waals surface area contributed by atoms with Gasteiger partial charge < -0.3 is 14.8 Å². The van der Waals surface area contributed by atoms with Crippen molar-refractivity contribution < 1.29 is 14.3 Å². The van der Waals surface area contributed by atoms with Crippen LogP contribution >= 0.6 is 0 Å². The van der Waals surface area contributed by atoms with Crippen molar-refractivity contribution in [1.29, 1.82) is 5.26 Å². The lowest BCUT2D eigenvalue weighted by Gasteiger charge is -2.25. The Balaban J connectivity index is 1.77. The largest absolute Gasteiger partial charge is 0.492 e. The summed E-state index contributed by atoms with van der Waals surface area (Å²) in [6.45, 7) is 5.47. The van der Waals surface area contributed by atoms with Crippen molar-refractivity contribution in [3.63, 3.8) is 0 Å². The van der Waals surface area contributed by atoms with Gasteiger partial charge in [0.15, 0.2) is 0 Å². The number of rotatable bonds is 4. The van der Waals surface area contributed by atoms with Gasteiger partial charge in [-0.05, 0) is 23.1 Å². The first-order valence-electron chi connectivity index (χ1n) is 9.34. The fraction of sp³-hybridized carbons (Fsp3) is 0.364. The fourth-order valence-electron chi connectivity index (χ4n) is 3.52. The highest BCUT2D eigenvalue weighted by Gasteiger charge is 2.29. The average Bonchev–Trinajstić information content (AvgIpc) is 3.09. The molecule has 2 aliphatic rings. The Bertz CT molecular complexity index is 922. The maximum absolute atomic E-state index is 12.4. The van der Waals surface area contributed by atoms with Crippen LogP contribution in [-0.2, 0) is 16.0 Å². The minimum Gasteiger partial charge on any atom is -0.492 e. The van der Waals surface area contributed by atoms with Crippen LogP contribution in [0.3, 0.4) is 0 Å². The molecule has 4 rings (SSSR count). The van der Waals surface area contributed by atoms with Gasteiger partial charge in [0, 0.05) is 24.0 Å². The zero-order chi connectivity index (χ0) is 19.0. The number of ether oxygens (including phenoxy) is 2. The molecule has 2 aliphatic heterocycles. The predicted molar refractivity (Wildman–Crippen MR) is 103 cm³/mol. The molecule has 0 bridgehead atoms. The number of amides is 1. The molecule has 27 heavy (non-hydrogen) atoms. The van der Waals surface area contributed by atoms with Crippen LogP contribution in [0.15, 0.2) is 30.3 Å². The van der Waals surface area contributed by atoms with Crippen LogP contribution in [-0.4, -0.2) is 25.2 Å². The molecule has 2 heterocycles. The highest BCUT2D eigenvalue weighted by Crippen LogP contribution is 2.42. The highest BCUT2D eigenvalue weighted by atomic mass is 16.5. The van der Waals surface area contributed by atoms with Gasteiger partial charge in [-0.2, -0.15) is 5.26 Å². The van der Waals surface area contributed by atoms with Crippen LogP contribution in [0.1, 0.15) is 42.9 Å². The van der Waals surface area contributed by atoms with Gasteiger partial charge in [0.2, 0.25) is 0 Å². The molecule has 0 unspecified atom stereocenters. The molecule has 5 nitrogen and oxygen atoms in total. The molecule has 2 aromatic carbocycles. The van der Waals surface area contributed by atoms with Crippen LogP contribution < -0.4 is 10.1 Å². The first kappa shape index (κ1) is 17.6. The molecule has 138 valence electrons. The second-order valence-electron chi connectivity index (χ2n) is 7.28. The van der Waals surface area contributed by atoms with Gasteiger partial charge >= 0.3 is 0 Å². The molecule has 0 aliphatic carbocycles. The molecule has 2 aromatic rings. The van der Waals surface area contributed by atoms with Crippen LogP contribution in [0.25, 0.3) is 11.1 Å². The number of carbonyl (C=O) groups excluding carboxylic acids is 1. The van der Waals surface area contributed by atoms with Gasteiger partial charge in [-0.25, -0.2) is 0 Å². The SMILES string of the molecule is CC(C)c1ccc(-c2cc(NC(=O)[C@@H]3CCO3)c(C#N)c3c2OCC3)cc1. The van der Waals surface area contributed by atoms with Gasteiger partial charge in [-0.1, -0.05) is 38.1 Å². The van der Waals surface area contributed by atoms with E-state index in [-0.39, 0.29) is 5.91 Å². The summed E-state index contributed by atoms with van der Waals surface area (Å²) in [7, 11) is 0. The monoisotopic (exact) mass is 362 g/mol. The first-order valence-corrected chi connectivity index (χ1v) is 9.34. The van der Waals surface area contributed by atoms with E-state index in [1.165, 1.54) is 5.56 Å². The lowest BCUT2D eigenvalue weighted by Crippen LogP contribution is -2.39. The van der Waals surface area contributed by atoms with Gasteiger partial charge in [0.25, 0.3) is 5.91 Å². The van der Waals surface area contributed by atoms with Gasteiger partial charge in [-0.15, -0.1) is 0 Å². The number of nitriles is 1. The highest BCUT2D eigenvalue weighted by molar-refractivity contribution is 5.97. The Morgan fingerprint density at radius 1 is 1.26 bits per heavy atom. The number of fused-ring (bicyclic) bond motifs is 1.